The van der Waals surface area contributed by atoms with Crippen LogP contribution in [-0.2, 0) is 4.74 Å². The lowest BCUT2D eigenvalue weighted by molar-refractivity contribution is 0.200. The lowest BCUT2D eigenvalue weighted by atomic mass is 10.1. The number of hydrogen-bond acceptors (Lipinski definition) is 3. The molecule has 0 bridgehead atoms. The lowest BCUT2D eigenvalue weighted by Gasteiger charge is -1.98. The normalized spacial score (nSPS) is 11.6. The van der Waals surface area contributed by atoms with Crippen molar-refractivity contribution in [2.75, 3.05) is 26.8 Å². The topological polar surface area (TPSA) is 34.4 Å². The third kappa shape index (κ3) is 3.19. The summed E-state index contributed by atoms with van der Waals surface area (Å²) in [4.78, 5) is 0. The Morgan fingerprint density at radius 3 is 3.12 bits per heavy atom. The number of furan rings is 1. The van der Waals surface area contributed by atoms with Crippen LogP contribution >= 0.6 is 0 Å². The third-order valence-electron chi connectivity index (χ3n) is 2.55. The van der Waals surface area contributed by atoms with E-state index >= 15 is 0 Å². The summed E-state index contributed by atoms with van der Waals surface area (Å²) in [5.41, 5.74) is 2.05. The van der Waals surface area contributed by atoms with Gasteiger partial charge in [-0.2, -0.15) is 0 Å². The summed E-state index contributed by atoms with van der Waals surface area (Å²) in [6.07, 6.45) is 5.95. The van der Waals surface area contributed by atoms with Gasteiger partial charge < -0.3 is 14.5 Å². The number of para-hydroxylation sites is 1. The molecule has 0 fully saturated rings. The largest absolute Gasteiger partial charge is 0.464 e. The van der Waals surface area contributed by atoms with Crippen LogP contribution in [-0.4, -0.2) is 26.8 Å². The Balaban J connectivity index is 1.92. The third-order valence-corrected chi connectivity index (χ3v) is 2.55. The molecule has 0 saturated heterocycles. The molecular weight excluding hydrogens is 214 g/mol. The highest BCUT2D eigenvalue weighted by Crippen LogP contribution is 2.21. The van der Waals surface area contributed by atoms with E-state index in [0.717, 1.165) is 36.2 Å². The maximum Gasteiger partial charge on any atom is 0.134 e. The van der Waals surface area contributed by atoms with E-state index in [1.807, 2.05) is 18.2 Å². The second-order valence-electron chi connectivity index (χ2n) is 3.79. The van der Waals surface area contributed by atoms with Crippen LogP contribution in [0.4, 0.5) is 0 Å². The second kappa shape index (κ2) is 6.23. The molecule has 0 aliphatic rings. The summed E-state index contributed by atoms with van der Waals surface area (Å²) >= 11 is 0. The molecule has 90 valence electrons. The number of ether oxygens (including phenoxy) is 1. The summed E-state index contributed by atoms with van der Waals surface area (Å²) in [5, 5.41) is 4.41. The molecule has 2 aromatic rings. The highest BCUT2D eigenvalue weighted by Gasteiger charge is 2.00. The van der Waals surface area contributed by atoms with Crippen molar-refractivity contribution in [3.63, 3.8) is 0 Å². The Hall–Kier alpha value is -1.58. The van der Waals surface area contributed by atoms with Crippen LogP contribution < -0.4 is 5.32 Å². The van der Waals surface area contributed by atoms with Gasteiger partial charge in [0.15, 0.2) is 0 Å². The van der Waals surface area contributed by atoms with Gasteiger partial charge in [0.25, 0.3) is 0 Å². The van der Waals surface area contributed by atoms with Crippen LogP contribution in [0.2, 0.25) is 0 Å². The van der Waals surface area contributed by atoms with E-state index in [-0.39, 0.29) is 0 Å². The molecule has 0 aliphatic carbocycles. The van der Waals surface area contributed by atoms with Gasteiger partial charge in [-0.05, 0) is 6.07 Å². The van der Waals surface area contributed by atoms with Crippen LogP contribution in [0.1, 0.15) is 5.56 Å². The molecule has 1 heterocycles. The fraction of sp³-hybridized carbons (Fsp3) is 0.286. The van der Waals surface area contributed by atoms with Crippen LogP contribution in [0.25, 0.3) is 17.0 Å². The molecule has 0 atom stereocenters. The average molecular weight is 231 g/mol. The molecule has 0 amide bonds. The summed E-state index contributed by atoms with van der Waals surface area (Å²) < 4.78 is 10.4. The molecule has 3 heteroatoms. The standard InChI is InChI=1S/C14H17NO2/c1-16-10-9-15-8-4-5-12-11-17-14-7-3-2-6-13(12)14/h2-7,11,15H,8-10H2,1H3/b5-4+. The molecular formula is C14H17NO2. The SMILES string of the molecule is COCCNC/C=C/c1coc2ccccc12. The van der Waals surface area contributed by atoms with E-state index in [9.17, 15) is 0 Å². The summed E-state index contributed by atoms with van der Waals surface area (Å²) in [6.45, 7) is 2.44. The Kier molecular flexibility index (Phi) is 4.36. The number of fused-ring (bicyclic) bond motifs is 1. The zero-order valence-corrected chi connectivity index (χ0v) is 9.98. The highest BCUT2D eigenvalue weighted by molar-refractivity contribution is 5.86. The predicted octanol–water partition coefficient (Wildman–Crippen LogP) is 2.68. The minimum absolute atomic E-state index is 0.739. The molecule has 1 aromatic heterocycles. The molecule has 0 radical (unpaired) electrons. The van der Waals surface area contributed by atoms with E-state index in [4.69, 9.17) is 9.15 Å². The highest BCUT2D eigenvalue weighted by atomic mass is 16.5. The van der Waals surface area contributed by atoms with Gasteiger partial charge in [-0.1, -0.05) is 30.4 Å². The Morgan fingerprint density at radius 2 is 2.24 bits per heavy atom. The molecule has 0 aliphatic heterocycles. The van der Waals surface area contributed by atoms with Gasteiger partial charge in [0.1, 0.15) is 5.58 Å². The number of methoxy groups -OCH3 is 1. The maximum absolute atomic E-state index is 5.45. The number of nitrogens with one attached hydrogen (secondary N) is 1. The fourth-order valence-corrected chi connectivity index (χ4v) is 1.67. The molecule has 2 rings (SSSR count). The van der Waals surface area contributed by atoms with Crippen molar-refractivity contribution >= 4 is 17.0 Å². The van der Waals surface area contributed by atoms with Gasteiger partial charge in [-0.3, -0.25) is 0 Å². The van der Waals surface area contributed by atoms with Crippen molar-refractivity contribution in [2.45, 2.75) is 0 Å². The Morgan fingerprint density at radius 1 is 1.35 bits per heavy atom. The Bertz CT molecular complexity index is 488. The minimum atomic E-state index is 0.739. The molecule has 3 nitrogen and oxygen atoms in total. The number of hydrogen-bond donors (Lipinski definition) is 1. The summed E-state index contributed by atoms with van der Waals surface area (Å²) in [7, 11) is 1.70. The first-order valence-corrected chi connectivity index (χ1v) is 5.74. The Labute approximate surface area is 101 Å². The van der Waals surface area contributed by atoms with Crippen LogP contribution in [0.5, 0.6) is 0 Å². The quantitative estimate of drug-likeness (QED) is 0.776. The van der Waals surface area contributed by atoms with E-state index in [1.165, 1.54) is 0 Å². The number of rotatable bonds is 6. The molecule has 0 spiro atoms. The van der Waals surface area contributed by atoms with Crippen molar-refractivity contribution in [1.29, 1.82) is 0 Å². The zero-order valence-electron chi connectivity index (χ0n) is 9.98. The molecule has 17 heavy (non-hydrogen) atoms. The molecule has 0 unspecified atom stereocenters. The minimum Gasteiger partial charge on any atom is -0.464 e. The molecule has 0 saturated carbocycles. The summed E-state index contributed by atoms with van der Waals surface area (Å²) in [5.74, 6) is 0. The second-order valence-corrected chi connectivity index (χ2v) is 3.79. The van der Waals surface area contributed by atoms with Crippen molar-refractivity contribution < 1.29 is 9.15 Å². The first-order chi connectivity index (χ1) is 8.42. The smallest absolute Gasteiger partial charge is 0.134 e. The first kappa shape index (κ1) is 11.9. The predicted molar refractivity (Wildman–Crippen MR) is 70.0 cm³/mol. The average Bonchev–Trinajstić information content (AvgIpc) is 2.77. The van der Waals surface area contributed by atoms with E-state index < -0.39 is 0 Å². The van der Waals surface area contributed by atoms with E-state index in [0.29, 0.717) is 0 Å². The maximum atomic E-state index is 5.45. The van der Waals surface area contributed by atoms with Crippen molar-refractivity contribution in [3.8, 4) is 0 Å². The zero-order chi connectivity index (χ0) is 11.9. The molecule has 1 aromatic carbocycles. The molecule has 1 N–H and O–H groups in total. The monoisotopic (exact) mass is 231 g/mol. The van der Waals surface area contributed by atoms with Crippen molar-refractivity contribution in [2.24, 2.45) is 0 Å². The van der Waals surface area contributed by atoms with Crippen molar-refractivity contribution in [1.82, 2.24) is 5.32 Å². The van der Waals surface area contributed by atoms with Crippen molar-refractivity contribution in [3.05, 3.63) is 42.2 Å². The van der Waals surface area contributed by atoms with Crippen LogP contribution in [0.15, 0.2) is 41.0 Å². The van der Waals surface area contributed by atoms with E-state index in [1.54, 1.807) is 13.4 Å². The van der Waals surface area contributed by atoms with E-state index in [2.05, 4.69) is 23.5 Å². The van der Waals surface area contributed by atoms with Crippen LogP contribution in [0, 0.1) is 0 Å². The van der Waals surface area contributed by atoms with Gasteiger partial charge in [0, 0.05) is 31.1 Å². The van der Waals surface area contributed by atoms with Gasteiger partial charge in [0.2, 0.25) is 0 Å². The van der Waals surface area contributed by atoms with Crippen LogP contribution in [0.3, 0.4) is 0 Å². The number of benzene rings is 1. The fourth-order valence-electron chi connectivity index (χ4n) is 1.67. The van der Waals surface area contributed by atoms with Gasteiger partial charge in [-0.25, -0.2) is 0 Å². The summed E-state index contributed by atoms with van der Waals surface area (Å²) in [6, 6.07) is 8.04. The first-order valence-electron chi connectivity index (χ1n) is 5.74. The van der Waals surface area contributed by atoms with Gasteiger partial charge in [0.05, 0.1) is 12.9 Å². The van der Waals surface area contributed by atoms with Gasteiger partial charge in [-0.15, -0.1) is 0 Å². The lowest BCUT2D eigenvalue weighted by Crippen LogP contribution is -2.18. The van der Waals surface area contributed by atoms with Gasteiger partial charge >= 0.3 is 0 Å².